The fourth-order valence-corrected chi connectivity index (χ4v) is 0.703. The van der Waals surface area contributed by atoms with Gasteiger partial charge in [-0.05, 0) is 6.92 Å². The fourth-order valence-electron chi connectivity index (χ4n) is 0.703. The molecule has 0 bridgehead atoms. The number of nitrogens with one attached hydrogen (secondary N) is 1. The average Bonchev–Trinajstić information content (AvgIpc) is 1.98. The quantitative estimate of drug-likeness (QED) is 0.699. The third-order valence-electron chi connectivity index (χ3n) is 1.20. The molecule has 1 atom stereocenters. The zero-order chi connectivity index (χ0) is 11.4. The highest BCUT2D eigenvalue weighted by Gasteiger charge is 2.46. The Kier molecular flexibility index (Phi) is 4.39. The van der Waals surface area contributed by atoms with E-state index >= 15 is 0 Å². The zero-order valence-electron chi connectivity index (χ0n) is 7.64. The van der Waals surface area contributed by atoms with Crippen molar-refractivity contribution in [2.24, 2.45) is 0 Å². The molecule has 0 aromatic heterocycles. The van der Waals surface area contributed by atoms with E-state index in [9.17, 15) is 22.8 Å². The van der Waals surface area contributed by atoms with Crippen LogP contribution in [-0.4, -0.2) is 30.7 Å². The maximum Gasteiger partial charge on any atom is 0.419 e. The maximum atomic E-state index is 12.1. The van der Waals surface area contributed by atoms with E-state index in [1.165, 1.54) is 12.2 Å². The first-order chi connectivity index (χ1) is 6.29. The maximum absolute atomic E-state index is 12.1. The van der Waals surface area contributed by atoms with E-state index in [0.717, 1.165) is 6.92 Å². The first-order valence-electron chi connectivity index (χ1n) is 3.79. The van der Waals surface area contributed by atoms with Crippen molar-refractivity contribution in [1.29, 1.82) is 0 Å². The molecule has 0 unspecified atom stereocenters. The molecule has 7 heteroatoms. The number of alkyl halides is 3. The van der Waals surface area contributed by atoms with E-state index in [1.54, 1.807) is 0 Å². The third-order valence-corrected chi connectivity index (χ3v) is 1.20. The average molecular weight is 213 g/mol. The number of amides is 1. The molecular weight excluding hydrogens is 203 g/mol. The lowest BCUT2D eigenvalue weighted by atomic mass is 10.3. The van der Waals surface area contributed by atoms with Crippen LogP contribution in [0, 0.1) is 0 Å². The number of halogens is 3. The number of ether oxygens (including phenoxy) is 1. The van der Waals surface area contributed by atoms with Gasteiger partial charge in [0.15, 0.2) is 0 Å². The summed E-state index contributed by atoms with van der Waals surface area (Å²) in [5, 5.41) is 1.47. The Balaban J connectivity index is 4.55. The summed E-state index contributed by atoms with van der Waals surface area (Å²) in [5.74, 6) is -2.45. The molecule has 0 aliphatic rings. The molecule has 0 aliphatic carbocycles. The van der Waals surface area contributed by atoms with Crippen LogP contribution in [0.3, 0.4) is 0 Å². The predicted molar refractivity (Wildman–Crippen MR) is 40.3 cm³/mol. The normalized spacial score (nSPS) is 13.2. The van der Waals surface area contributed by atoms with Crippen molar-refractivity contribution in [2.45, 2.75) is 26.1 Å². The van der Waals surface area contributed by atoms with Gasteiger partial charge in [0.1, 0.15) is 0 Å². The summed E-state index contributed by atoms with van der Waals surface area (Å²) in [6.07, 6.45) is -4.84. The van der Waals surface area contributed by atoms with Gasteiger partial charge in [-0.25, -0.2) is 4.79 Å². The molecule has 14 heavy (non-hydrogen) atoms. The van der Waals surface area contributed by atoms with Crippen LogP contribution < -0.4 is 5.32 Å². The summed E-state index contributed by atoms with van der Waals surface area (Å²) in [6.45, 7) is 2.09. The lowest BCUT2D eigenvalue weighted by Gasteiger charge is -2.18. The Morgan fingerprint density at radius 1 is 1.43 bits per heavy atom. The van der Waals surface area contributed by atoms with Crippen molar-refractivity contribution in [3.8, 4) is 0 Å². The lowest BCUT2D eigenvalue weighted by Crippen LogP contribution is -2.50. The van der Waals surface area contributed by atoms with Crippen LogP contribution in [0.5, 0.6) is 0 Å². The van der Waals surface area contributed by atoms with Crippen molar-refractivity contribution in [1.82, 2.24) is 5.32 Å². The number of esters is 1. The molecule has 82 valence electrons. The van der Waals surface area contributed by atoms with Gasteiger partial charge in [-0.3, -0.25) is 4.79 Å². The standard InChI is InChI=1S/C7H10F3NO3/c1-3-14-6(13)5(7(8,9)10)11-4(2)12/h5H,3H2,1-2H3,(H,11,12)/t5-/m0/s1. The summed E-state index contributed by atoms with van der Waals surface area (Å²) in [5.41, 5.74) is 0. The topological polar surface area (TPSA) is 55.4 Å². The highest BCUT2D eigenvalue weighted by molar-refractivity contribution is 5.83. The molecule has 4 nitrogen and oxygen atoms in total. The summed E-state index contributed by atoms with van der Waals surface area (Å²) >= 11 is 0. The van der Waals surface area contributed by atoms with Crippen LogP contribution in [0.1, 0.15) is 13.8 Å². The SMILES string of the molecule is CCOC(=O)[C@H](NC(C)=O)C(F)(F)F. The first kappa shape index (κ1) is 12.7. The lowest BCUT2D eigenvalue weighted by molar-refractivity contribution is -0.185. The fraction of sp³-hybridized carbons (Fsp3) is 0.714. The molecule has 0 radical (unpaired) electrons. The summed E-state index contributed by atoms with van der Waals surface area (Å²) in [4.78, 5) is 21.2. The molecule has 0 saturated carbocycles. The van der Waals surface area contributed by atoms with E-state index in [2.05, 4.69) is 4.74 Å². The summed E-state index contributed by atoms with van der Waals surface area (Å²) < 4.78 is 40.6. The number of hydrogen-bond donors (Lipinski definition) is 1. The van der Waals surface area contributed by atoms with Crippen molar-refractivity contribution < 1.29 is 27.5 Å². The zero-order valence-corrected chi connectivity index (χ0v) is 7.64. The van der Waals surface area contributed by atoms with Crippen molar-refractivity contribution in [3.05, 3.63) is 0 Å². The van der Waals surface area contributed by atoms with Gasteiger partial charge in [0, 0.05) is 6.92 Å². The molecule has 0 aliphatic heterocycles. The van der Waals surface area contributed by atoms with Gasteiger partial charge >= 0.3 is 12.1 Å². The largest absolute Gasteiger partial charge is 0.464 e. The second kappa shape index (κ2) is 4.83. The smallest absolute Gasteiger partial charge is 0.419 e. The number of carbonyl (C=O) groups excluding carboxylic acids is 2. The van der Waals surface area contributed by atoms with Gasteiger partial charge in [-0.1, -0.05) is 0 Å². The number of carbonyl (C=O) groups is 2. The third kappa shape index (κ3) is 4.11. The second-order valence-electron chi connectivity index (χ2n) is 2.43. The highest BCUT2D eigenvalue weighted by atomic mass is 19.4. The minimum atomic E-state index is -4.84. The molecule has 0 saturated heterocycles. The number of hydrogen-bond acceptors (Lipinski definition) is 3. The van der Waals surface area contributed by atoms with E-state index in [1.807, 2.05) is 0 Å². The van der Waals surface area contributed by atoms with Crippen molar-refractivity contribution >= 4 is 11.9 Å². The van der Waals surface area contributed by atoms with Gasteiger partial charge in [-0.2, -0.15) is 13.2 Å². The van der Waals surface area contributed by atoms with Crippen LogP contribution in [0.25, 0.3) is 0 Å². The molecule has 1 amide bonds. The van der Waals surface area contributed by atoms with Crippen molar-refractivity contribution in [3.63, 3.8) is 0 Å². The summed E-state index contributed by atoms with van der Waals surface area (Å²) in [7, 11) is 0. The van der Waals surface area contributed by atoms with E-state index in [0.29, 0.717) is 0 Å². The van der Waals surface area contributed by atoms with Gasteiger partial charge < -0.3 is 10.1 Å². The Bertz CT molecular complexity index is 227. The molecule has 0 aromatic rings. The second-order valence-corrected chi connectivity index (χ2v) is 2.43. The van der Waals surface area contributed by atoms with Gasteiger partial charge in [0.2, 0.25) is 11.9 Å². The molecular formula is C7H10F3NO3. The van der Waals surface area contributed by atoms with Crippen LogP contribution in [0.2, 0.25) is 0 Å². The molecule has 0 fully saturated rings. The highest BCUT2D eigenvalue weighted by Crippen LogP contribution is 2.21. The minimum Gasteiger partial charge on any atom is -0.464 e. The molecule has 0 heterocycles. The molecule has 0 spiro atoms. The van der Waals surface area contributed by atoms with Crippen LogP contribution in [0.4, 0.5) is 13.2 Å². The number of rotatable bonds is 3. The van der Waals surface area contributed by atoms with Crippen LogP contribution in [-0.2, 0) is 14.3 Å². The Hall–Kier alpha value is -1.27. The van der Waals surface area contributed by atoms with Gasteiger partial charge in [0.05, 0.1) is 6.61 Å². The predicted octanol–water partition coefficient (Wildman–Crippen LogP) is 0.616. The first-order valence-corrected chi connectivity index (χ1v) is 3.79. The molecule has 0 rings (SSSR count). The Labute approximate surface area is 78.4 Å². The van der Waals surface area contributed by atoms with Crippen molar-refractivity contribution in [2.75, 3.05) is 6.61 Å². The van der Waals surface area contributed by atoms with E-state index in [-0.39, 0.29) is 6.61 Å². The monoisotopic (exact) mass is 213 g/mol. The minimum absolute atomic E-state index is 0.176. The molecule has 0 aromatic carbocycles. The van der Waals surface area contributed by atoms with Gasteiger partial charge in [-0.15, -0.1) is 0 Å². The van der Waals surface area contributed by atoms with Crippen LogP contribution in [0.15, 0.2) is 0 Å². The van der Waals surface area contributed by atoms with Gasteiger partial charge in [0.25, 0.3) is 0 Å². The van der Waals surface area contributed by atoms with Crippen LogP contribution >= 0.6 is 0 Å². The summed E-state index contributed by atoms with van der Waals surface area (Å²) in [6, 6.07) is -2.58. The van der Waals surface area contributed by atoms with E-state index < -0.39 is 24.1 Å². The van der Waals surface area contributed by atoms with E-state index in [4.69, 9.17) is 0 Å². The Morgan fingerprint density at radius 3 is 2.21 bits per heavy atom. The Morgan fingerprint density at radius 2 is 1.93 bits per heavy atom. The molecule has 1 N–H and O–H groups in total.